The third kappa shape index (κ3) is 6.13. The number of rotatable bonds is 5. The largest absolute Gasteiger partial charge is 0.490 e. The maximum atomic E-state index is 10.6. The van der Waals surface area contributed by atoms with Crippen LogP contribution in [0.1, 0.15) is 17.3 Å². The number of carboxylic acids is 1. The van der Waals surface area contributed by atoms with Gasteiger partial charge in [0.2, 0.25) is 0 Å². The van der Waals surface area contributed by atoms with Gasteiger partial charge in [-0.05, 0) is 35.2 Å². The van der Waals surface area contributed by atoms with Crippen LogP contribution in [0.25, 0.3) is 22.2 Å². The van der Waals surface area contributed by atoms with Gasteiger partial charge in [0.25, 0.3) is 0 Å². The summed E-state index contributed by atoms with van der Waals surface area (Å²) in [6.45, 7) is 0. The fourth-order valence-corrected chi connectivity index (χ4v) is 3.46. The summed E-state index contributed by atoms with van der Waals surface area (Å²) in [4.78, 5) is 17.1. The van der Waals surface area contributed by atoms with E-state index >= 15 is 0 Å². The van der Waals surface area contributed by atoms with E-state index in [0.29, 0.717) is 0 Å². The molecule has 8 heteroatoms. The van der Waals surface area contributed by atoms with Crippen LogP contribution >= 0.6 is 12.6 Å². The zero-order chi connectivity index (χ0) is 23.1. The molecule has 0 aliphatic heterocycles. The average molecular weight is 459 g/mol. The summed E-state index contributed by atoms with van der Waals surface area (Å²) in [6.07, 6.45) is -4.15. The molecule has 0 aliphatic rings. The fourth-order valence-electron chi connectivity index (χ4n) is 3.16. The van der Waals surface area contributed by atoms with E-state index in [4.69, 9.17) is 14.9 Å². The van der Waals surface area contributed by atoms with Gasteiger partial charge in [0.05, 0.1) is 11.0 Å². The molecule has 4 nitrogen and oxygen atoms in total. The molecule has 0 bridgehead atoms. The summed E-state index contributed by atoms with van der Waals surface area (Å²) < 4.78 is 31.7. The number of nitrogens with one attached hydrogen (secondary N) is 1. The zero-order valence-corrected chi connectivity index (χ0v) is 17.8. The predicted octanol–water partition coefficient (Wildman–Crippen LogP) is 6.12. The molecule has 166 valence electrons. The Hall–Kier alpha value is -3.26. The van der Waals surface area contributed by atoms with E-state index in [9.17, 15) is 13.2 Å². The number of hydrogen-bond acceptors (Lipinski definition) is 3. The highest BCUT2D eigenvalue weighted by Gasteiger charge is 2.38. The van der Waals surface area contributed by atoms with Crippen molar-refractivity contribution in [1.82, 2.24) is 9.97 Å². The van der Waals surface area contributed by atoms with Crippen molar-refractivity contribution in [2.75, 3.05) is 5.75 Å². The number of benzene rings is 3. The van der Waals surface area contributed by atoms with Crippen molar-refractivity contribution in [3.05, 3.63) is 90.3 Å². The Kier molecular flexibility index (Phi) is 7.58. The Morgan fingerprint density at radius 2 is 1.50 bits per heavy atom. The second-order valence-corrected chi connectivity index (χ2v) is 7.45. The number of thiol groups is 1. The lowest BCUT2D eigenvalue weighted by molar-refractivity contribution is -0.192. The molecule has 0 unspecified atom stereocenters. The SMILES string of the molecule is O=C(O)C(F)(F)F.SC[C@@H](Cc1ccc(-c2ccccc2)cc1)c1nc2ccccc2[nH]1. The van der Waals surface area contributed by atoms with Crippen LogP contribution in [0.3, 0.4) is 0 Å². The predicted molar refractivity (Wildman–Crippen MR) is 122 cm³/mol. The minimum Gasteiger partial charge on any atom is -0.475 e. The Bertz CT molecular complexity index is 1130. The molecule has 0 amide bonds. The third-order valence-corrected chi connectivity index (χ3v) is 5.24. The second-order valence-electron chi connectivity index (χ2n) is 7.09. The quantitative estimate of drug-likeness (QED) is 0.316. The van der Waals surface area contributed by atoms with Crippen molar-refractivity contribution in [3.8, 4) is 11.1 Å². The number of hydrogen-bond donors (Lipinski definition) is 3. The smallest absolute Gasteiger partial charge is 0.475 e. The van der Waals surface area contributed by atoms with Crippen molar-refractivity contribution in [3.63, 3.8) is 0 Å². The highest BCUT2D eigenvalue weighted by atomic mass is 32.1. The summed E-state index contributed by atoms with van der Waals surface area (Å²) in [6, 6.07) is 27.4. The summed E-state index contributed by atoms with van der Waals surface area (Å²) >= 11 is 4.56. The lowest BCUT2D eigenvalue weighted by Crippen LogP contribution is -2.21. The van der Waals surface area contributed by atoms with E-state index in [1.54, 1.807) is 0 Å². The Morgan fingerprint density at radius 3 is 2.06 bits per heavy atom. The molecule has 32 heavy (non-hydrogen) atoms. The van der Waals surface area contributed by atoms with Gasteiger partial charge in [-0.3, -0.25) is 0 Å². The van der Waals surface area contributed by atoms with Crippen molar-refractivity contribution in [2.24, 2.45) is 0 Å². The minimum absolute atomic E-state index is 0.276. The molecule has 3 aromatic carbocycles. The maximum absolute atomic E-state index is 10.6. The first-order chi connectivity index (χ1) is 15.3. The van der Waals surface area contributed by atoms with Gasteiger partial charge in [-0.1, -0.05) is 66.7 Å². The van der Waals surface area contributed by atoms with Crippen LogP contribution in [0.2, 0.25) is 0 Å². The lowest BCUT2D eigenvalue weighted by Gasteiger charge is -2.12. The van der Waals surface area contributed by atoms with Crippen molar-refractivity contribution in [2.45, 2.75) is 18.5 Å². The standard InChI is InChI=1S/C22H20N2S.C2HF3O2/c25-15-19(22-23-20-8-4-5-9-21(20)24-22)14-16-10-12-18(13-11-16)17-6-2-1-3-7-17;3-2(4,5)1(6)7/h1-13,19,25H,14-15H2,(H,23,24);(H,6,7)/t19-;/m1./s1. The van der Waals surface area contributed by atoms with Gasteiger partial charge < -0.3 is 10.1 Å². The van der Waals surface area contributed by atoms with Crippen molar-refractivity contribution < 1.29 is 23.1 Å². The van der Waals surface area contributed by atoms with Gasteiger partial charge in [0, 0.05) is 11.7 Å². The maximum Gasteiger partial charge on any atom is 0.490 e. The fraction of sp³-hybridized carbons (Fsp3) is 0.167. The molecule has 0 saturated carbocycles. The molecule has 0 saturated heterocycles. The van der Waals surface area contributed by atoms with Gasteiger partial charge in [0.1, 0.15) is 5.82 Å². The topological polar surface area (TPSA) is 66.0 Å². The van der Waals surface area contributed by atoms with Crippen molar-refractivity contribution in [1.29, 1.82) is 0 Å². The minimum atomic E-state index is -5.08. The van der Waals surface area contributed by atoms with E-state index < -0.39 is 12.1 Å². The number of alkyl halides is 3. The first-order valence-electron chi connectivity index (χ1n) is 9.78. The van der Waals surface area contributed by atoms with E-state index in [0.717, 1.165) is 29.0 Å². The Labute approximate surface area is 188 Å². The zero-order valence-electron chi connectivity index (χ0n) is 16.9. The second kappa shape index (κ2) is 10.4. The molecule has 0 aliphatic carbocycles. The Balaban J connectivity index is 0.000000360. The van der Waals surface area contributed by atoms with E-state index in [1.807, 2.05) is 24.3 Å². The van der Waals surface area contributed by atoms with Gasteiger partial charge in [-0.25, -0.2) is 9.78 Å². The monoisotopic (exact) mass is 458 g/mol. The number of halogens is 3. The van der Waals surface area contributed by atoms with Crippen LogP contribution in [0, 0.1) is 0 Å². The van der Waals surface area contributed by atoms with Crippen LogP contribution in [0.15, 0.2) is 78.9 Å². The number of aliphatic carboxylic acids is 1. The molecule has 1 aromatic heterocycles. The molecule has 0 spiro atoms. The van der Waals surface area contributed by atoms with E-state index in [-0.39, 0.29) is 5.92 Å². The first kappa shape index (κ1) is 23.4. The number of fused-ring (bicyclic) bond motifs is 1. The number of para-hydroxylation sites is 2. The number of imidazole rings is 1. The van der Waals surface area contributed by atoms with Crippen LogP contribution in [0.5, 0.6) is 0 Å². The molecule has 4 rings (SSSR count). The van der Waals surface area contributed by atoms with Crippen LogP contribution in [-0.4, -0.2) is 33.0 Å². The molecule has 0 fully saturated rings. The van der Waals surface area contributed by atoms with Crippen LogP contribution in [-0.2, 0) is 11.2 Å². The lowest BCUT2D eigenvalue weighted by atomic mass is 9.97. The molecule has 0 radical (unpaired) electrons. The average Bonchev–Trinajstić information content (AvgIpc) is 3.22. The normalized spacial score (nSPS) is 12.1. The van der Waals surface area contributed by atoms with E-state index in [2.05, 4.69) is 72.2 Å². The highest BCUT2D eigenvalue weighted by molar-refractivity contribution is 7.80. The van der Waals surface area contributed by atoms with Gasteiger partial charge >= 0.3 is 12.1 Å². The highest BCUT2D eigenvalue weighted by Crippen LogP contribution is 2.25. The number of aromatic amines is 1. The number of carboxylic acid groups (broad SMARTS) is 1. The number of H-pyrrole nitrogens is 1. The number of carbonyl (C=O) groups is 1. The van der Waals surface area contributed by atoms with Crippen molar-refractivity contribution >= 4 is 29.6 Å². The van der Waals surface area contributed by atoms with Gasteiger partial charge in [-0.2, -0.15) is 25.8 Å². The number of nitrogens with zero attached hydrogens (tertiary/aromatic N) is 1. The first-order valence-corrected chi connectivity index (χ1v) is 10.4. The summed E-state index contributed by atoms with van der Waals surface area (Å²) in [7, 11) is 0. The molecule has 1 heterocycles. The number of aromatic nitrogens is 2. The van der Waals surface area contributed by atoms with E-state index in [1.165, 1.54) is 16.7 Å². The summed E-state index contributed by atoms with van der Waals surface area (Å²) in [5, 5.41) is 7.12. The molecular formula is C24H21F3N2O2S. The van der Waals surface area contributed by atoms with Gasteiger partial charge in [0.15, 0.2) is 0 Å². The summed E-state index contributed by atoms with van der Waals surface area (Å²) in [5.41, 5.74) is 5.90. The molecular weight excluding hydrogens is 437 g/mol. The third-order valence-electron chi connectivity index (χ3n) is 4.80. The van der Waals surface area contributed by atoms with Gasteiger partial charge in [-0.15, -0.1) is 0 Å². The van der Waals surface area contributed by atoms with Crippen LogP contribution < -0.4 is 0 Å². The molecule has 4 aromatic rings. The van der Waals surface area contributed by atoms with Crippen LogP contribution in [0.4, 0.5) is 13.2 Å². The Morgan fingerprint density at radius 1 is 0.938 bits per heavy atom. The summed E-state index contributed by atoms with van der Waals surface area (Å²) in [5.74, 6) is -0.700. The molecule has 1 atom stereocenters. The molecule has 2 N–H and O–H groups in total.